The summed E-state index contributed by atoms with van der Waals surface area (Å²) in [5, 5.41) is 3.50. The predicted molar refractivity (Wildman–Crippen MR) is 82.7 cm³/mol. The Morgan fingerprint density at radius 1 is 1.11 bits per heavy atom. The van der Waals surface area contributed by atoms with Gasteiger partial charge in [-0.1, -0.05) is 20.8 Å². The van der Waals surface area contributed by atoms with Gasteiger partial charge in [-0.2, -0.15) is 0 Å². The van der Waals surface area contributed by atoms with Crippen molar-refractivity contribution in [1.82, 2.24) is 10.3 Å². The third kappa shape index (κ3) is 4.44. The fourth-order valence-electron chi connectivity index (χ4n) is 1.87. The first-order valence-corrected chi connectivity index (χ1v) is 7.56. The second-order valence-corrected chi connectivity index (χ2v) is 6.97. The molecular weight excluding hydrogens is 252 g/mol. The van der Waals surface area contributed by atoms with Crippen molar-refractivity contribution in [3.05, 3.63) is 52.0 Å². The fourth-order valence-corrected chi connectivity index (χ4v) is 2.90. The standard InChI is InChI=1S/C16H22N2S/c1-16(2,3)15-5-4-14(19-15)12-18-11-8-13-6-9-17-10-7-13/h4-7,9-10,18H,8,11-12H2,1-3H3. The van der Waals surface area contributed by atoms with Gasteiger partial charge >= 0.3 is 0 Å². The Bertz CT molecular complexity index is 497. The number of pyridine rings is 1. The maximum Gasteiger partial charge on any atom is 0.0299 e. The highest BCUT2D eigenvalue weighted by Crippen LogP contribution is 2.29. The van der Waals surface area contributed by atoms with Gasteiger partial charge in [0.05, 0.1) is 0 Å². The molecule has 0 atom stereocenters. The van der Waals surface area contributed by atoms with Gasteiger partial charge in [0.1, 0.15) is 0 Å². The van der Waals surface area contributed by atoms with Gasteiger partial charge in [-0.25, -0.2) is 0 Å². The van der Waals surface area contributed by atoms with Gasteiger partial charge in [0.25, 0.3) is 0 Å². The average Bonchev–Trinajstić information content (AvgIpc) is 2.85. The summed E-state index contributed by atoms with van der Waals surface area (Å²) >= 11 is 1.91. The lowest BCUT2D eigenvalue weighted by molar-refractivity contribution is 0.604. The highest BCUT2D eigenvalue weighted by Gasteiger charge is 2.15. The Morgan fingerprint density at radius 3 is 2.47 bits per heavy atom. The first-order valence-electron chi connectivity index (χ1n) is 6.74. The SMILES string of the molecule is CC(C)(C)c1ccc(CNCCc2ccncc2)s1. The number of nitrogens with one attached hydrogen (secondary N) is 1. The van der Waals surface area contributed by atoms with E-state index >= 15 is 0 Å². The molecule has 0 radical (unpaired) electrons. The molecule has 2 aromatic heterocycles. The highest BCUT2D eigenvalue weighted by atomic mass is 32.1. The van der Waals surface area contributed by atoms with Gasteiger partial charge in [0.15, 0.2) is 0 Å². The molecule has 0 saturated carbocycles. The number of aromatic nitrogens is 1. The lowest BCUT2D eigenvalue weighted by Gasteiger charge is -2.15. The number of nitrogens with zero attached hydrogens (tertiary/aromatic N) is 1. The van der Waals surface area contributed by atoms with E-state index in [1.54, 1.807) is 0 Å². The zero-order valence-electron chi connectivity index (χ0n) is 11.9. The molecular formula is C16H22N2S. The smallest absolute Gasteiger partial charge is 0.0299 e. The molecule has 19 heavy (non-hydrogen) atoms. The van der Waals surface area contributed by atoms with E-state index in [-0.39, 0.29) is 5.41 Å². The number of rotatable bonds is 5. The Hall–Kier alpha value is -1.19. The summed E-state index contributed by atoms with van der Waals surface area (Å²) in [6.07, 6.45) is 4.76. The third-order valence-electron chi connectivity index (χ3n) is 3.04. The second-order valence-electron chi connectivity index (χ2n) is 5.80. The van der Waals surface area contributed by atoms with Crippen LogP contribution in [-0.2, 0) is 18.4 Å². The molecule has 0 unspecified atom stereocenters. The maximum absolute atomic E-state index is 4.03. The highest BCUT2D eigenvalue weighted by molar-refractivity contribution is 7.12. The van der Waals surface area contributed by atoms with Crippen LogP contribution in [0.1, 0.15) is 36.1 Å². The summed E-state index contributed by atoms with van der Waals surface area (Å²) in [5.41, 5.74) is 1.60. The molecule has 0 aromatic carbocycles. The van der Waals surface area contributed by atoms with Gasteiger partial charge in [0, 0.05) is 28.7 Å². The summed E-state index contributed by atoms with van der Waals surface area (Å²) < 4.78 is 0. The lowest BCUT2D eigenvalue weighted by Crippen LogP contribution is -2.16. The number of hydrogen-bond acceptors (Lipinski definition) is 3. The van der Waals surface area contributed by atoms with Crippen LogP contribution < -0.4 is 5.32 Å². The molecule has 0 spiro atoms. The van der Waals surface area contributed by atoms with E-state index in [0.717, 1.165) is 19.5 Å². The largest absolute Gasteiger partial charge is 0.312 e. The Labute approximate surface area is 119 Å². The monoisotopic (exact) mass is 274 g/mol. The van der Waals surface area contributed by atoms with Crippen molar-refractivity contribution in [3.8, 4) is 0 Å². The van der Waals surface area contributed by atoms with Gasteiger partial charge in [-0.05, 0) is 48.2 Å². The molecule has 0 aliphatic carbocycles. The molecule has 0 fully saturated rings. The van der Waals surface area contributed by atoms with Gasteiger partial charge < -0.3 is 5.32 Å². The van der Waals surface area contributed by atoms with Gasteiger partial charge in [-0.3, -0.25) is 4.98 Å². The van der Waals surface area contributed by atoms with E-state index in [9.17, 15) is 0 Å². The fraction of sp³-hybridized carbons (Fsp3) is 0.438. The first-order chi connectivity index (χ1) is 9.05. The van der Waals surface area contributed by atoms with Crippen LogP contribution in [0.15, 0.2) is 36.7 Å². The van der Waals surface area contributed by atoms with Crippen LogP contribution >= 0.6 is 11.3 Å². The van der Waals surface area contributed by atoms with Crippen LogP contribution in [0, 0.1) is 0 Å². The first kappa shape index (κ1) is 14.2. The van der Waals surface area contributed by atoms with Crippen molar-refractivity contribution in [3.63, 3.8) is 0 Å². The molecule has 0 bridgehead atoms. The summed E-state index contributed by atoms with van der Waals surface area (Å²) in [6, 6.07) is 8.64. The van der Waals surface area contributed by atoms with Crippen molar-refractivity contribution in [2.75, 3.05) is 6.54 Å². The Kier molecular flexibility index (Phi) is 4.72. The van der Waals surface area contributed by atoms with E-state index in [4.69, 9.17) is 0 Å². The molecule has 102 valence electrons. The van der Waals surface area contributed by atoms with Gasteiger partial charge in [0.2, 0.25) is 0 Å². The molecule has 0 aliphatic rings. The lowest BCUT2D eigenvalue weighted by atomic mass is 9.95. The molecule has 3 heteroatoms. The summed E-state index contributed by atoms with van der Waals surface area (Å²) in [6.45, 7) is 8.76. The normalized spacial score (nSPS) is 11.7. The average molecular weight is 274 g/mol. The van der Waals surface area contributed by atoms with Gasteiger partial charge in [-0.15, -0.1) is 11.3 Å². The topological polar surface area (TPSA) is 24.9 Å². The number of hydrogen-bond donors (Lipinski definition) is 1. The summed E-state index contributed by atoms with van der Waals surface area (Å²) in [5.74, 6) is 0. The molecule has 1 N–H and O–H groups in total. The van der Waals surface area contributed by atoms with Crippen molar-refractivity contribution in [2.45, 2.75) is 39.2 Å². The Morgan fingerprint density at radius 2 is 1.84 bits per heavy atom. The maximum atomic E-state index is 4.03. The molecule has 2 aromatic rings. The van der Waals surface area contributed by atoms with Crippen molar-refractivity contribution in [1.29, 1.82) is 0 Å². The molecule has 2 nitrogen and oxygen atoms in total. The van der Waals surface area contributed by atoms with Crippen LogP contribution in [0.25, 0.3) is 0 Å². The molecule has 2 heterocycles. The van der Waals surface area contributed by atoms with E-state index in [2.05, 4.69) is 55.3 Å². The zero-order valence-corrected chi connectivity index (χ0v) is 12.8. The minimum atomic E-state index is 0.264. The zero-order chi connectivity index (χ0) is 13.7. The Balaban J connectivity index is 1.76. The van der Waals surface area contributed by atoms with Crippen LogP contribution in [0.4, 0.5) is 0 Å². The van der Waals surface area contributed by atoms with E-state index in [1.165, 1.54) is 15.3 Å². The van der Waals surface area contributed by atoms with E-state index in [1.807, 2.05) is 23.7 Å². The summed E-state index contributed by atoms with van der Waals surface area (Å²) in [4.78, 5) is 6.90. The molecule has 2 rings (SSSR count). The third-order valence-corrected chi connectivity index (χ3v) is 4.55. The quantitative estimate of drug-likeness (QED) is 0.839. The second kappa shape index (κ2) is 6.31. The van der Waals surface area contributed by atoms with Crippen LogP contribution in [-0.4, -0.2) is 11.5 Å². The molecule has 0 aliphatic heterocycles. The minimum Gasteiger partial charge on any atom is -0.312 e. The van der Waals surface area contributed by atoms with Crippen molar-refractivity contribution < 1.29 is 0 Å². The van der Waals surface area contributed by atoms with Crippen molar-refractivity contribution >= 4 is 11.3 Å². The number of thiophene rings is 1. The van der Waals surface area contributed by atoms with E-state index < -0.39 is 0 Å². The minimum absolute atomic E-state index is 0.264. The van der Waals surface area contributed by atoms with Crippen molar-refractivity contribution in [2.24, 2.45) is 0 Å². The van der Waals surface area contributed by atoms with E-state index in [0.29, 0.717) is 0 Å². The van der Waals surface area contributed by atoms with Crippen LogP contribution in [0.2, 0.25) is 0 Å². The predicted octanol–water partition coefficient (Wildman–Crippen LogP) is 3.77. The van der Waals surface area contributed by atoms with Crippen LogP contribution in [0.3, 0.4) is 0 Å². The molecule has 0 saturated heterocycles. The van der Waals surface area contributed by atoms with Crippen LogP contribution in [0.5, 0.6) is 0 Å². The molecule has 0 amide bonds. The summed E-state index contributed by atoms with van der Waals surface area (Å²) in [7, 11) is 0.